The van der Waals surface area contributed by atoms with Crippen molar-refractivity contribution in [3.63, 3.8) is 0 Å². The third-order valence-corrected chi connectivity index (χ3v) is 6.46. The first-order valence-electron chi connectivity index (χ1n) is 12.0. The van der Waals surface area contributed by atoms with Crippen molar-refractivity contribution < 1.29 is 19.1 Å². The van der Waals surface area contributed by atoms with Gasteiger partial charge in [-0.3, -0.25) is 14.9 Å². The Morgan fingerprint density at radius 3 is 2.27 bits per heavy atom. The van der Waals surface area contributed by atoms with Gasteiger partial charge in [-0.15, -0.1) is 0 Å². The van der Waals surface area contributed by atoms with E-state index in [1.165, 1.54) is 18.2 Å². The minimum absolute atomic E-state index is 0.103. The summed E-state index contributed by atoms with van der Waals surface area (Å²) >= 11 is 0. The molecular weight excluding hydrogens is 464 g/mol. The standard InChI is InChI=1S/C31H26N2O4/c1-19-14-20(2)16-21(15-19)17-23-9-8-22-6-4-5-7-26(22)27(23)18-28-29(34)32-31(36)33(30(28)35)24-10-12-25(37-3)13-11-24/h4-16,18H,17H2,1-3H3,(H,32,34,36)/b28-18+. The average Bonchev–Trinajstić information content (AvgIpc) is 2.87. The molecule has 1 fully saturated rings. The third kappa shape index (κ3) is 4.74. The van der Waals surface area contributed by atoms with Gasteiger partial charge in [-0.2, -0.15) is 0 Å². The van der Waals surface area contributed by atoms with E-state index < -0.39 is 17.8 Å². The molecule has 4 amide bonds. The number of fused-ring (bicyclic) bond motifs is 1. The number of hydrogen-bond acceptors (Lipinski definition) is 4. The molecule has 6 heteroatoms. The molecule has 1 aliphatic heterocycles. The Balaban J connectivity index is 1.63. The molecule has 1 heterocycles. The van der Waals surface area contributed by atoms with Gasteiger partial charge in [0.1, 0.15) is 11.3 Å². The highest BCUT2D eigenvalue weighted by Gasteiger charge is 2.37. The number of imide groups is 2. The molecule has 0 unspecified atom stereocenters. The number of aryl methyl sites for hydroxylation is 2. The first kappa shape index (κ1) is 24.0. The Labute approximate surface area is 215 Å². The number of carbonyl (C=O) groups excluding carboxylic acids is 3. The van der Waals surface area contributed by atoms with Crippen molar-refractivity contribution in [3.8, 4) is 5.75 Å². The number of nitrogens with one attached hydrogen (secondary N) is 1. The van der Waals surface area contributed by atoms with Gasteiger partial charge in [-0.1, -0.05) is 65.7 Å². The zero-order valence-corrected chi connectivity index (χ0v) is 20.9. The van der Waals surface area contributed by atoms with Crippen LogP contribution in [0.25, 0.3) is 16.8 Å². The van der Waals surface area contributed by atoms with E-state index in [2.05, 4.69) is 37.4 Å². The lowest BCUT2D eigenvalue weighted by Crippen LogP contribution is -2.54. The lowest BCUT2D eigenvalue weighted by molar-refractivity contribution is -0.122. The Kier molecular flexibility index (Phi) is 6.32. The SMILES string of the molecule is COc1ccc(N2C(=O)NC(=O)/C(=C\c3c(Cc4cc(C)cc(C)c4)ccc4ccccc34)C2=O)cc1. The molecule has 1 saturated heterocycles. The number of hydrogen-bond donors (Lipinski definition) is 1. The molecular formula is C31H26N2O4. The summed E-state index contributed by atoms with van der Waals surface area (Å²) in [7, 11) is 1.53. The van der Waals surface area contributed by atoms with Gasteiger partial charge in [0.05, 0.1) is 12.8 Å². The zero-order chi connectivity index (χ0) is 26.1. The number of urea groups is 1. The summed E-state index contributed by atoms with van der Waals surface area (Å²) in [5.74, 6) is -0.804. The number of methoxy groups -OCH3 is 1. The van der Waals surface area contributed by atoms with Crippen LogP contribution < -0.4 is 15.0 Å². The molecule has 1 aliphatic rings. The van der Waals surface area contributed by atoms with Crippen LogP contribution in [-0.4, -0.2) is 25.0 Å². The molecule has 0 aliphatic carbocycles. The van der Waals surface area contributed by atoms with Crippen molar-refractivity contribution in [3.05, 3.63) is 112 Å². The van der Waals surface area contributed by atoms with Crippen LogP contribution in [0.2, 0.25) is 0 Å². The van der Waals surface area contributed by atoms with Crippen molar-refractivity contribution in [2.45, 2.75) is 20.3 Å². The van der Waals surface area contributed by atoms with Crippen molar-refractivity contribution in [1.29, 1.82) is 0 Å². The molecule has 1 N–H and O–H groups in total. The van der Waals surface area contributed by atoms with E-state index in [9.17, 15) is 14.4 Å². The Morgan fingerprint density at radius 1 is 0.865 bits per heavy atom. The predicted molar refractivity (Wildman–Crippen MR) is 145 cm³/mol. The smallest absolute Gasteiger partial charge is 0.335 e. The molecule has 0 atom stereocenters. The molecule has 0 saturated carbocycles. The normalized spacial score (nSPS) is 14.8. The van der Waals surface area contributed by atoms with Crippen LogP contribution in [-0.2, 0) is 16.0 Å². The maximum Gasteiger partial charge on any atom is 0.335 e. The fourth-order valence-electron chi connectivity index (χ4n) is 4.82. The molecule has 0 radical (unpaired) electrons. The summed E-state index contributed by atoms with van der Waals surface area (Å²) in [5.41, 5.74) is 5.48. The quantitative estimate of drug-likeness (QED) is 0.287. The molecule has 4 aromatic carbocycles. The summed E-state index contributed by atoms with van der Waals surface area (Å²) < 4.78 is 5.18. The van der Waals surface area contributed by atoms with Crippen molar-refractivity contribution >= 4 is 40.4 Å². The first-order chi connectivity index (χ1) is 17.8. The zero-order valence-electron chi connectivity index (χ0n) is 20.9. The highest BCUT2D eigenvalue weighted by atomic mass is 16.5. The lowest BCUT2D eigenvalue weighted by atomic mass is 9.91. The van der Waals surface area contributed by atoms with Gasteiger partial charge >= 0.3 is 6.03 Å². The van der Waals surface area contributed by atoms with Crippen molar-refractivity contribution in [2.75, 3.05) is 12.0 Å². The van der Waals surface area contributed by atoms with E-state index in [1.807, 2.05) is 36.4 Å². The molecule has 6 nitrogen and oxygen atoms in total. The summed E-state index contributed by atoms with van der Waals surface area (Å²) in [4.78, 5) is 40.1. The monoisotopic (exact) mass is 490 g/mol. The number of rotatable bonds is 5. The lowest BCUT2D eigenvalue weighted by Gasteiger charge is -2.26. The number of anilines is 1. The van der Waals surface area contributed by atoms with Crippen LogP contribution in [0.5, 0.6) is 5.75 Å². The molecule has 4 aromatic rings. The van der Waals surface area contributed by atoms with Gasteiger partial charge in [-0.05, 0) is 78.1 Å². The molecule has 5 rings (SSSR count). The van der Waals surface area contributed by atoms with Crippen LogP contribution in [0.1, 0.15) is 27.8 Å². The summed E-state index contributed by atoms with van der Waals surface area (Å²) in [6.45, 7) is 4.13. The van der Waals surface area contributed by atoms with Gasteiger partial charge in [-0.25, -0.2) is 9.69 Å². The first-order valence-corrected chi connectivity index (χ1v) is 12.0. The van der Waals surface area contributed by atoms with Crippen LogP contribution >= 0.6 is 0 Å². The average molecular weight is 491 g/mol. The fraction of sp³-hybridized carbons (Fsp3) is 0.129. The van der Waals surface area contributed by atoms with Crippen LogP contribution in [0.3, 0.4) is 0 Å². The van der Waals surface area contributed by atoms with E-state index in [0.717, 1.165) is 32.4 Å². The number of carbonyl (C=O) groups is 3. The predicted octanol–water partition coefficient (Wildman–Crippen LogP) is 5.72. The minimum atomic E-state index is -0.786. The van der Waals surface area contributed by atoms with Gasteiger partial charge in [0, 0.05) is 0 Å². The summed E-state index contributed by atoms with van der Waals surface area (Å²) in [6.07, 6.45) is 2.24. The number of ether oxygens (including phenoxy) is 1. The molecule has 0 bridgehead atoms. The minimum Gasteiger partial charge on any atom is -0.497 e. The van der Waals surface area contributed by atoms with E-state index in [4.69, 9.17) is 4.74 Å². The van der Waals surface area contributed by atoms with Crippen molar-refractivity contribution in [2.24, 2.45) is 0 Å². The highest BCUT2D eigenvalue weighted by molar-refractivity contribution is 6.39. The summed E-state index contributed by atoms with van der Waals surface area (Å²) in [6, 6.07) is 24.1. The second-order valence-electron chi connectivity index (χ2n) is 9.19. The maximum absolute atomic E-state index is 13.5. The largest absolute Gasteiger partial charge is 0.497 e. The van der Waals surface area contributed by atoms with Gasteiger partial charge in [0.15, 0.2) is 0 Å². The van der Waals surface area contributed by atoms with Crippen LogP contribution in [0.15, 0.2) is 84.4 Å². The second-order valence-corrected chi connectivity index (χ2v) is 9.19. The fourth-order valence-corrected chi connectivity index (χ4v) is 4.82. The Bertz CT molecular complexity index is 1560. The molecule has 184 valence electrons. The number of amides is 4. The van der Waals surface area contributed by atoms with E-state index in [-0.39, 0.29) is 5.57 Å². The van der Waals surface area contributed by atoms with Crippen LogP contribution in [0, 0.1) is 13.8 Å². The number of nitrogens with zero attached hydrogens (tertiary/aromatic N) is 1. The maximum atomic E-state index is 13.5. The van der Waals surface area contributed by atoms with Crippen molar-refractivity contribution in [1.82, 2.24) is 5.32 Å². The van der Waals surface area contributed by atoms with Gasteiger partial charge < -0.3 is 4.74 Å². The second kappa shape index (κ2) is 9.74. The molecule has 0 spiro atoms. The van der Waals surface area contributed by atoms with E-state index in [1.54, 1.807) is 30.3 Å². The Hall–Kier alpha value is -4.71. The molecule has 37 heavy (non-hydrogen) atoms. The Morgan fingerprint density at radius 2 is 1.57 bits per heavy atom. The number of benzene rings is 4. The number of barbiturate groups is 1. The van der Waals surface area contributed by atoms with E-state index in [0.29, 0.717) is 17.9 Å². The topological polar surface area (TPSA) is 75.7 Å². The van der Waals surface area contributed by atoms with Gasteiger partial charge in [0.2, 0.25) is 0 Å². The van der Waals surface area contributed by atoms with Crippen LogP contribution in [0.4, 0.5) is 10.5 Å². The highest BCUT2D eigenvalue weighted by Crippen LogP contribution is 2.30. The third-order valence-electron chi connectivity index (χ3n) is 6.46. The summed E-state index contributed by atoms with van der Waals surface area (Å²) in [5, 5.41) is 4.23. The van der Waals surface area contributed by atoms with E-state index >= 15 is 0 Å². The molecule has 0 aromatic heterocycles. The van der Waals surface area contributed by atoms with Gasteiger partial charge in [0.25, 0.3) is 11.8 Å².